The second kappa shape index (κ2) is 8.55. The Bertz CT molecular complexity index is 1190. The van der Waals surface area contributed by atoms with E-state index < -0.39 is 0 Å². The summed E-state index contributed by atoms with van der Waals surface area (Å²) in [6, 6.07) is 8.75. The summed E-state index contributed by atoms with van der Waals surface area (Å²) in [7, 11) is 1.61. The van der Waals surface area contributed by atoms with Crippen molar-refractivity contribution >= 4 is 29.0 Å². The van der Waals surface area contributed by atoms with Gasteiger partial charge in [-0.1, -0.05) is 0 Å². The molecule has 1 aromatic carbocycles. The molecule has 1 amide bonds. The molecule has 0 spiro atoms. The minimum atomic E-state index is -0.224. The van der Waals surface area contributed by atoms with Crippen molar-refractivity contribution in [3.8, 4) is 0 Å². The van der Waals surface area contributed by atoms with Crippen molar-refractivity contribution in [2.24, 2.45) is 7.05 Å². The number of nitrogens with zero attached hydrogens (tertiary/aromatic N) is 2. The van der Waals surface area contributed by atoms with Crippen LogP contribution in [0.3, 0.4) is 0 Å². The fourth-order valence-electron chi connectivity index (χ4n) is 3.67. The molecule has 158 valence electrons. The van der Waals surface area contributed by atoms with Crippen LogP contribution in [0.15, 0.2) is 39.5 Å². The lowest BCUT2D eigenvalue weighted by Gasteiger charge is -2.33. The number of aromatic amines is 1. The summed E-state index contributed by atoms with van der Waals surface area (Å²) in [4.78, 5) is 30.4. The van der Waals surface area contributed by atoms with E-state index in [4.69, 9.17) is 21.4 Å². The number of hydrogen-bond donors (Lipinski definition) is 2. The van der Waals surface area contributed by atoms with Crippen molar-refractivity contribution in [2.75, 3.05) is 32.8 Å². The van der Waals surface area contributed by atoms with Crippen LogP contribution < -0.4 is 10.9 Å². The van der Waals surface area contributed by atoms with Crippen LogP contribution >= 0.6 is 12.2 Å². The Morgan fingerprint density at radius 1 is 1.27 bits per heavy atom. The average molecular weight is 429 g/mol. The van der Waals surface area contributed by atoms with Crippen molar-refractivity contribution in [2.45, 2.75) is 13.0 Å². The zero-order valence-corrected chi connectivity index (χ0v) is 17.8. The first-order valence-corrected chi connectivity index (χ1v) is 10.2. The van der Waals surface area contributed by atoms with E-state index in [1.807, 2.05) is 19.1 Å². The number of benzene rings is 1. The van der Waals surface area contributed by atoms with E-state index >= 15 is 0 Å². The topological polar surface area (TPSA) is 92.5 Å². The SMILES string of the molecule is Cc1ccc(C(CNC(=O)c2ccc3c(=O)n(C)c(=S)[nH]c3c2)N2CCOCC2)o1. The van der Waals surface area contributed by atoms with Gasteiger partial charge in [-0.3, -0.25) is 19.1 Å². The van der Waals surface area contributed by atoms with Gasteiger partial charge < -0.3 is 19.5 Å². The molecule has 3 aromatic rings. The van der Waals surface area contributed by atoms with E-state index in [1.165, 1.54) is 4.57 Å². The third-order valence-electron chi connectivity index (χ3n) is 5.40. The van der Waals surface area contributed by atoms with Gasteiger partial charge in [0.2, 0.25) is 0 Å². The smallest absolute Gasteiger partial charge is 0.261 e. The normalized spacial score (nSPS) is 15.9. The van der Waals surface area contributed by atoms with E-state index in [2.05, 4.69) is 15.2 Å². The average Bonchev–Trinajstić information content (AvgIpc) is 3.18. The van der Waals surface area contributed by atoms with Crippen molar-refractivity contribution in [3.63, 3.8) is 0 Å². The molecular weight excluding hydrogens is 404 g/mol. The van der Waals surface area contributed by atoms with Gasteiger partial charge in [-0.2, -0.15) is 0 Å². The minimum Gasteiger partial charge on any atom is -0.465 e. The second-order valence-corrected chi connectivity index (χ2v) is 7.76. The second-order valence-electron chi connectivity index (χ2n) is 7.38. The summed E-state index contributed by atoms with van der Waals surface area (Å²) < 4.78 is 13.0. The van der Waals surface area contributed by atoms with Crippen molar-refractivity contribution in [1.82, 2.24) is 19.8 Å². The van der Waals surface area contributed by atoms with E-state index in [0.717, 1.165) is 24.6 Å². The number of aryl methyl sites for hydroxylation is 1. The summed E-state index contributed by atoms with van der Waals surface area (Å²) in [6.45, 7) is 5.16. The van der Waals surface area contributed by atoms with Gasteiger partial charge in [0, 0.05) is 32.2 Å². The van der Waals surface area contributed by atoms with Crippen LogP contribution in [-0.2, 0) is 11.8 Å². The van der Waals surface area contributed by atoms with Gasteiger partial charge in [0.05, 0.1) is 30.2 Å². The number of carbonyl (C=O) groups is 1. The first-order valence-electron chi connectivity index (χ1n) is 9.83. The molecule has 1 aliphatic rings. The van der Waals surface area contributed by atoms with Crippen LogP contribution in [0, 0.1) is 11.7 Å². The third-order valence-corrected chi connectivity index (χ3v) is 5.77. The molecule has 2 N–H and O–H groups in total. The maximum Gasteiger partial charge on any atom is 0.261 e. The van der Waals surface area contributed by atoms with Crippen molar-refractivity contribution < 1.29 is 13.9 Å². The number of morpholine rings is 1. The fraction of sp³-hybridized carbons (Fsp3) is 0.381. The van der Waals surface area contributed by atoms with Crippen molar-refractivity contribution in [1.29, 1.82) is 0 Å². The molecular formula is C21H24N4O4S. The van der Waals surface area contributed by atoms with Gasteiger partial charge in [0.15, 0.2) is 4.77 Å². The van der Waals surface area contributed by atoms with Crippen LogP contribution in [0.2, 0.25) is 0 Å². The first-order chi connectivity index (χ1) is 14.4. The van der Waals surface area contributed by atoms with E-state index in [9.17, 15) is 9.59 Å². The number of rotatable bonds is 5. The number of hydrogen-bond acceptors (Lipinski definition) is 6. The third kappa shape index (κ3) is 4.09. The number of ether oxygens (including phenoxy) is 1. The number of amides is 1. The van der Waals surface area contributed by atoms with Gasteiger partial charge in [-0.05, 0) is 49.5 Å². The molecule has 0 bridgehead atoms. The van der Waals surface area contributed by atoms with E-state index in [-0.39, 0.29) is 17.5 Å². The Labute approximate surface area is 178 Å². The molecule has 3 heterocycles. The highest BCUT2D eigenvalue weighted by molar-refractivity contribution is 7.71. The standard InChI is InChI=1S/C21H24N4O4S/c1-13-3-6-18(29-13)17(25-7-9-28-10-8-25)12-22-19(26)14-4-5-15-16(11-14)23-21(30)24(2)20(15)27/h3-6,11,17H,7-10,12H2,1-2H3,(H,22,26)(H,23,30). The largest absolute Gasteiger partial charge is 0.465 e. The van der Waals surface area contributed by atoms with Gasteiger partial charge in [0.25, 0.3) is 11.5 Å². The Hall–Kier alpha value is -2.75. The van der Waals surface area contributed by atoms with Gasteiger partial charge >= 0.3 is 0 Å². The first kappa shape index (κ1) is 20.5. The molecule has 1 unspecified atom stereocenters. The minimum absolute atomic E-state index is 0.0786. The predicted molar refractivity (Wildman–Crippen MR) is 115 cm³/mol. The Kier molecular flexibility index (Phi) is 5.85. The molecule has 0 aliphatic carbocycles. The Morgan fingerprint density at radius 2 is 2.03 bits per heavy atom. The van der Waals surface area contributed by atoms with E-state index in [1.54, 1.807) is 25.2 Å². The molecule has 1 fully saturated rings. The maximum absolute atomic E-state index is 12.8. The molecule has 8 nitrogen and oxygen atoms in total. The number of nitrogens with one attached hydrogen (secondary N) is 2. The molecule has 0 saturated carbocycles. The predicted octanol–water partition coefficient (Wildman–Crippen LogP) is 2.30. The molecule has 4 rings (SSSR count). The number of H-pyrrole nitrogens is 1. The maximum atomic E-state index is 12.8. The highest BCUT2D eigenvalue weighted by atomic mass is 32.1. The summed E-state index contributed by atoms with van der Waals surface area (Å²) in [5.41, 5.74) is 0.807. The van der Waals surface area contributed by atoms with Crippen LogP contribution in [0.25, 0.3) is 10.9 Å². The lowest BCUT2D eigenvalue weighted by Crippen LogP contribution is -2.43. The van der Waals surface area contributed by atoms with E-state index in [0.29, 0.717) is 41.0 Å². The van der Waals surface area contributed by atoms with Gasteiger partial charge in [-0.15, -0.1) is 0 Å². The summed E-state index contributed by atoms with van der Waals surface area (Å²) in [5, 5.41) is 3.49. The monoisotopic (exact) mass is 428 g/mol. The number of carbonyl (C=O) groups excluding carboxylic acids is 1. The molecule has 1 aliphatic heterocycles. The Balaban J connectivity index is 1.55. The molecule has 9 heteroatoms. The number of aromatic nitrogens is 2. The zero-order chi connectivity index (χ0) is 21.3. The van der Waals surface area contributed by atoms with Crippen LogP contribution in [0.4, 0.5) is 0 Å². The van der Waals surface area contributed by atoms with Crippen LogP contribution in [0.1, 0.15) is 27.9 Å². The highest BCUT2D eigenvalue weighted by Crippen LogP contribution is 2.23. The molecule has 0 radical (unpaired) electrons. The van der Waals surface area contributed by atoms with Crippen LogP contribution in [-0.4, -0.2) is 53.2 Å². The van der Waals surface area contributed by atoms with Crippen molar-refractivity contribution in [3.05, 3.63) is 62.5 Å². The van der Waals surface area contributed by atoms with Gasteiger partial charge in [-0.25, -0.2) is 0 Å². The molecule has 1 saturated heterocycles. The lowest BCUT2D eigenvalue weighted by atomic mass is 10.1. The zero-order valence-electron chi connectivity index (χ0n) is 16.9. The lowest BCUT2D eigenvalue weighted by molar-refractivity contribution is 0.0117. The summed E-state index contributed by atoms with van der Waals surface area (Å²) >= 11 is 5.17. The fourth-order valence-corrected chi connectivity index (χ4v) is 3.86. The highest BCUT2D eigenvalue weighted by Gasteiger charge is 2.26. The number of fused-ring (bicyclic) bond motifs is 1. The Morgan fingerprint density at radius 3 is 2.73 bits per heavy atom. The molecule has 2 aromatic heterocycles. The molecule has 30 heavy (non-hydrogen) atoms. The molecule has 1 atom stereocenters. The van der Waals surface area contributed by atoms with Crippen LogP contribution in [0.5, 0.6) is 0 Å². The summed E-state index contributed by atoms with van der Waals surface area (Å²) in [6.07, 6.45) is 0. The van der Waals surface area contributed by atoms with Gasteiger partial charge in [0.1, 0.15) is 11.5 Å². The number of furan rings is 1. The quantitative estimate of drug-likeness (QED) is 0.606. The summed E-state index contributed by atoms with van der Waals surface area (Å²) in [5.74, 6) is 1.43.